The van der Waals surface area contributed by atoms with Gasteiger partial charge in [-0.05, 0) is 74.2 Å². The number of aryl methyl sites for hydroxylation is 1. The number of rotatable bonds is 4. The highest BCUT2D eigenvalue weighted by molar-refractivity contribution is 5.98. The molecule has 42 heavy (non-hydrogen) atoms. The van der Waals surface area contributed by atoms with Gasteiger partial charge in [0.15, 0.2) is 11.6 Å². The zero-order valence-corrected chi connectivity index (χ0v) is 23.3. The summed E-state index contributed by atoms with van der Waals surface area (Å²) >= 11 is 0. The number of likely N-dealkylation sites (tertiary alicyclic amines) is 1. The van der Waals surface area contributed by atoms with Crippen LogP contribution in [0.5, 0.6) is 0 Å². The predicted molar refractivity (Wildman–Crippen MR) is 148 cm³/mol. The van der Waals surface area contributed by atoms with Crippen LogP contribution in [0, 0.1) is 28.8 Å². The Kier molecular flexibility index (Phi) is 7.36. The molecule has 0 bridgehead atoms. The molecule has 3 aromatic carbocycles. The van der Waals surface area contributed by atoms with E-state index in [1.807, 2.05) is 0 Å². The zero-order valence-electron chi connectivity index (χ0n) is 23.3. The highest BCUT2D eigenvalue weighted by Gasteiger charge is 2.30. The van der Waals surface area contributed by atoms with Gasteiger partial charge in [-0.1, -0.05) is 17.3 Å². The van der Waals surface area contributed by atoms with Crippen molar-refractivity contribution in [1.82, 2.24) is 25.2 Å². The first kappa shape index (κ1) is 28.6. The van der Waals surface area contributed by atoms with Gasteiger partial charge in [0.05, 0.1) is 11.6 Å². The number of aromatic nitrogens is 3. The number of hydrogen-bond donors (Lipinski definition) is 1. The molecule has 1 aliphatic rings. The molecule has 12 heteroatoms. The SMILES string of the molecule is Cn1nnc2cc(-c3ccc(C(=O)N4CC[C@H](NC(=O)OC(C)(C)C)C4)cc3-c3ccc(C#N)c(F)c3)c(F)c(F)c21. The summed E-state index contributed by atoms with van der Waals surface area (Å²) in [5.41, 5.74) is -0.102. The Morgan fingerprint density at radius 2 is 1.81 bits per heavy atom. The van der Waals surface area contributed by atoms with Crippen LogP contribution in [0.1, 0.15) is 43.1 Å². The Morgan fingerprint density at radius 1 is 1.05 bits per heavy atom. The Morgan fingerprint density at radius 3 is 2.50 bits per heavy atom. The van der Waals surface area contributed by atoms with Gasteiger partial charge in [-0.15, -0.1) is 5.10 Å². The smallest absolute Gasteiger partial charge is 0.407 e. The summed E-state index contributed by atoms with van der Waals surface area (Å²) in [6, 6.07) is 11.1. The number of fused-ring (bicyclic) bond motifs is 1. The number of hydrogen-bond acceptors (Lipinski definition) is 6. The van der Waals surface area contributed by atoms with Crippen molar-refractivity contribution in [1.29, 1.82) is 5.26 Å². The first-order valence-corrected chi connectivity index (χ1v) is 13.2. The molecule has 2 amide bonds. The molecule has 1 fully saturated rings. The van der Waals surface area contributed by atoms with Gasteiger partial charge in [-0.25, -0.2) is 22.6 Å². The van der Waals surface area contributed by atoms with E-state index in [4.69, 9.17) is 4.74 Å². The molecule has 1 aromatic heterocycles. The van der Waals surface area contributed by atoms with Crippen molar-refractivity contribution in [3.05, 3.63) is 71.0 Å². The fraction of sp³-hybridized carbons (Fsp3) is 0.300. The van der Waals surface area contributed by atoms with Crippen molar-refractivity contribution < 1.29 is 27.5 Å². The zero-order chi connectivity index (χ0) is 30.3. The molecule has 1 saturated heterocycles. The van der Waals surface area contributed by atoms with Crippen LogP contribution in [0.4, 0.5) is 18.0 Å². The maximum absolute atomic E-state index is 15.4. The second-order valence-electron chi connectivity index (χ2n) is 11.1. The minimum absolute atomic E-state index is 0.113. The number of nitrogens with zero attached hydrogens (tertiary/aromatic N) is 5. The van der Waals surface area contributed by atoms with E-state index >= 15 is 8.78 Å². The molecule has 216 valence electrons. The van der Waals surface area contributed by atoms with Crippen molar-refractivity contribution in [2.24, 2.45) is 7.05 Å². The summed E-state index contributed by atoms with van der Waals surface area (Å²) in [5.74, 6) is -3.46. The molecule has 9 nitrogen and oxygen atoms in total. The van der Waals surface area contributed by atoms with Gasteiger partial charge in [0, 0.05) is 31.3 Å². The topological polar surface area (TPSA) is 113 Å². The van der Waals surface area contributed by atoms with Gasteiger partial charge in [-0.3, -0.25) is 4.79 Å². The lowest BCUT2D eigenvalue weighted by atomic mass is 9.91. The molecule has 0 spiro atoms. The number of halogens is 3. The molecular formula is C30H27F3N6O3. The first-order valence-electron chi connectivity index (χ1n) is 13.2. The molecule has 1 N–H and O–H groups in total. The Balaban J connectivity index is 1.52. The van der Waals surface area contributed by atoms with Crippen molar-refractivity contribution in [2.75, 3.05) is 13.1 Å². The number of ether oxygens (including phenoxy) is 1. The maximum Gasteiger partial charge on any atom is 0.407 e. The molecule has 5 rings (SSSR count). The van der Waals surface area contributed by atoms with Crippen LogP contribution in [-0.2, 0) is 11.8 Å². The molecule has 0 aliphatic carbocycles. The highest BCUT2D eigenvalue weighted by atomic mass is 19.2. The predicted octanol–water partition coefficient (Wildman–Crippen LogP) is 5.33. The van der Waals surface area contributed by atoms with Crippen LogP contribution in [-0.4, -0.2) is 56.6 Å². The average Bonchev–Trinajstić information content (AvgIpc) is 3.55. The number of carbonyl (C=O) groups is 2. The van der Waals surface area contributed by atoms with E-state index in [1.165, 1.54) is 43.4 Å². The van der Waals surface area contributed by atoms with E-state index in [-0.39, 0.29) is 62.9 Å². The fourth-order valence-electron chi connectivity index (χ4n) is 4.99. The van der Waals surface area contributed by atoms with Crippen LogP contribution in [0.3, 0.4) is 0 Å². The third-order valence-corrected chi connectivity index (χ3v) is 6.92. The summed E-state index contributed by atoms with van der Waals surface area (Å²) in [7, 11) is 1.44. The largest absolute Gasteiger partial charge is 0.444 e. The van der Waals surface area contributed by atoms with Crippen molar-refractivity contribution in [2.45, 2.75) is 38.8 Å². The number of benzene rings is 3. The van der Waals surface area contributed by atoms with Gasteiger partial charge < -0.3 is 15.0 Å². The lowest BCUT2D eigenvalue weighted by molar-refractivity contribution is 0.0502. The second kappa shape index (κ2) is 10.8. The Labute approximate surface area is 239 Å². The summed E-state index contributed by atoms with van der Waals surface area (Å²) in [6.45, 7) is 5.87. The van der Waals surface area contributed by atoms with Gasteiger partial charge in [-0.2, -0.15) is 5.26 Å². The Hall–Kier alpha value is -4.92. The van der Waals surface area contributed by atoms with Crippen LogP contribution in [0.15, 0.2) is 42.5 Å². The lowest BCUT2D eigenvalue weighted by Gasteiger charge is -2.22. The summed E-state index contributed by atoms with van der Waals surface area (Å²) in [6.07, 6.45) is -0.0649. The third kappa shape index (κ3) is 5.50. The number of carbonyl (C=O) groups excluding carboxylic acids is 2. The number of nitriles is 1. The molecule has 4 aromatic rings. The van der Waals surface area contributed by atoms with Gasteiger partial charge in [0.2, 0.25) is 0 Å². The summed E-state index contributed by atoms with van der Waals surface area (Å²) < 4.78 is 51.6. The third-order valence-electron chi connectivity index (χ3n) is 6.92. The van der Waals surface area contributed by atoms with Crippen LogP contribution < -0.4 is 5.32 Å². The van der Waals surface area contributed by atoms with Crippen LogP contribution in [0.25, 0.3) is 33.3 Å². The molecule has 1 aliphatic heterocycles. The minimum Gasteiger partial charge on any atom is -0.444 e. The van der Waals surface area contributed by atoms with Crippen molar-refractivity contribution >= 4 is 23.0 Å². The van der Waals surface area contributed by atoms with Crippen molar-refractivity contribution in [3.63, 3.8) is 0 Å². The summed E-state index contributed by atoms with van der Waals surface area (Å²) in [4.78, 5) is 27.3. The quantitative estimate of drug-likeness (QED) is 0.351. The van der Waals surface area contributed by atoms with E-state index in [1.54, 1.807) is 31.7 Å². The second-order valence-corrected chi connectivity index (χ2v) is 11.1. The molecule has 0 saturated carbocycles. The van der Waals surface area contributed by atoms with Gasteiger partial charge in [0.25, 0.3) is 5.91 Å². The van der Waals surface area contributed by atoms with Crippen molar-refractivity contribution in [3.8, 4) is 28.3 Å². The average molecular weight is 577 g/mol. The normalized spacial score (nSPS) is 15.1. The van der Waals surface area contributed by atoms with E-state index < -0.39 is 29.1 Å². The molecule has 1 atom stereocenters. The minimum atomic E-state index is -1.15. The monoisotopic (exact) mass is 576 g/mol. The van der Waals surface area contributed by atoms with Crippen LogP contribution >= 0.6 is 0 Å². The fourth-order valence-corrected chi connectivity index (χ4v) is 4.99. The van der Waals surface area contributed by atoms with E-state index in [2.05, 4.69) is 15.6 Å². The van der Waals surface area contributed by atoms with Gasteiger partial charge >= 0.3 is 6.09 Å². The summed E-state index contributed by atoms with van der Waals surface area (Å²) in [5, 5.41) is 19.6. The maximum atomic E-state index is 15.4. The van der Waals surface area contributed by atoms with E-state index in [0.717, 1.165) is 10.7 Å². The molecule has 0 radical (unpaired) electrons. The number of nitrogens with one attached hydrogen (secondary N) is 1. The molecular weight excluding hydrogens is 549 g/mol. The molecule has 0 unspecified atom stereocenters. The van der Waals surface area contributed by atoms with Crippen LogP contribution in [0.2, 0.25) is 0 Å². The molecule has 2 heterocycles. The lowest BCUT2D eigenvalue weighted by Crippen LogP contribution is -2.41. The van der Waals surface area contributed by atoms with Gasteiger partial charge in [0.1, 0.15) is 28.5 Å². The number of alkyl carbamates (subject to hydrolysis) is 1. The Bertz CT molecular complexity index is 1770. The van der Waals surface area contributed by atoms with E-state index in [0.29, 0.717) is 13.0 Å². The first-order chi connectivity index (χ1) is 19.9. The highest BCUT2D eigenvalue weighted by Crippen LogP contribution is 2.38. The number of amides is 2. The van der Waals surface area contributed by atoms with E-state index in [9.17, 15) is 19.2 Å². The standard InChI is InChI=1S/C30H27F3N6O3/c1-30(2,3)42-29(41)35-19-9-10-39(15-19)28(40)17-7-8-20(21(11-17)16-5-6-18(14-34)23(31)12-16)22-13-24-27(26(33)25(22)32)38(4)37-36-24/h5-8,11-13,19H,9-10,15H2,1-4H3,(H,35,41)/t19-/m0/s1.